The molecule has 1 aromatic heterocycles. The first-order valence-corrected chi connectivity index (χ1v) is 9.91. The number of amides is 1. The van der Waals surface area contributed by atoms with E-state index in [1.165, 1.54) is 16.5 Å². The van der Waals surface area contributed by atoms with E-state index in [4.69, 9.17) is 0 Å². The SMILES string of the molecule is O=C(Cc1ccccc1[N+](=O)[O-])Nc1ccccc1N1CCc2sccc2C1. The van der Waals surface area contributed by atoms with Crippen LogP contribution in [0.5, 0.6) is 0 Å². The van der Waals surface area contributed by atoms with Gasteiger partial charge in [-0.25, -0.2) is 0 Å². The molecular formula is C21H19N3O3S. The molecule has 0 radical (unpaired) electrons. The van der Waals surface area contributed by atoms with Crippen molar-refractivity contribution in [2.24, 2.45) is 0 Å². The summed E-state index contributed by atoms with van der Waals surface area (Å²) in [6.45, 7) is 1.71. The second-order valence-corrected chi connectivity index (χ2v) is 7.67. The van der Waals surface area contributed by atoms with E-state index in [0.717, 1.165) is 30.9 Å². The van der Waals surface area contributed by atoms with E-state index in [-0.39, 0.29) is 18.0 Å². The largest absolute Gasteiger partial charge is 0.365 e. The highest BCUT2D eigenvalue weighted by Crippen LogP contribution is 2.32. The standard InChI is InChI=1S/C21H19N3O3S/c25-21(13-15-5-1-3-7-18(15)24(26)27)22-17-6-2-4-8-19(17)23-11-9-20-16(14-23)10-12-28-20/h1-8,10,12H,9,11,13-14H2,(H,22,25). The number of hydrogen-bond donors (Lipinski definition) is 1. The molecule has 28 heavy (non-hydrogen) atoms. The van der Waals surface area contributed by atoms with E-state index in [0.29, 0.717) is 5.56 Å². The Morgan fingerprint density at radius 3 is 2.79 bits per heavy atom. The van der Waals surface area contributed by atoms with E-state index >= 15 is 0 Å². The molecule has 2 heterocycles. The number of hydrogen-bond acceptors (Lipinski definition) is 5. The van der Waals surface area contributed by atoms with Crippen molar-refractivity contribution in [3.05, 3.63) is 86.1 Å². The van der Waals surface area contributed by atoms with E-state index in [2.05, 4.69) is 21.7 Å². The van der Waals surface area contributed by atoms with E-state index in [1.807, 2.05) is 24.3 Å². The minimum absolute atomic E-state index is 0.0352. The smallest absolute Gasteiger partial charge is 0.273 e. The predicted molar refractivity (Wildman–Crippen MR) is 111 cm³/mol. The molecule has 1 N–H and O–H groups in total. The van der Waals surface area contributed by atoms with Crippen LogP contribution in [0.3, 0.4) is 0 Å². The van der Waals surface area contributed by atoms with Gasteiger partial charge >= 0.3 is 0 Å². The number of benzene rings is 2. The molecule has 0 aliphatic carbocycles. The summed E-state index contributed by atoms with van der Waals surface area (Å²) in [7, 11) is 0. The quantitative estimate of drug-likeness (QED) is 0.515. The predicted octanol–water partition coefficient (Wildman–Crippen LogP) is 4.40. The van der Waals surface area contributed by atoms with E-state index in [1.54, 1.807) is 29.5 Å². The number of nitro groups is 1. The number of anilines is 2. The van der Waals surface area contributed by atoms with Gasteiger partial charge in [-0.15, -0.1) is 11.3 Å². The lowest BCUT2D eigenvalue weighted by molar-refractivity contribution is -0.385. The van der Waals surface area contributed by atoms with Crippen LogP contribution in [0.4, 0.5) is 17.1 Å². The number of nitro benzene ring substituents is 1. The van der Waals surface area contributed by atoms with Gasteiger partial charge in [0.1, 0.15) is 0 Å². The number of carbonyl (C=O) groups is 1. The molecule has 0 unspecified atom stereocenters. The first-order chi connectivity index (χ1) is 13.6. The Morgan fingerprint density at radius 1 is 1.14 bits per heavy atom. The summed E-state index contributed by atoms with van der Waals surface area (Å²) in [6.07, 6.45) is 0.950. The maximum Gasteiger partial charge on any atom is 0.273 e. The van der Waals surface area contributed by atoms with Crippen LogP contribution >= 0.6 is 11.3 Å². The van der Waals surface area contributed by atoms with Crippen molar-refractivity contribution in [3.63, 3.8) is 0 Å². The first kappa shape index (κ1) is 18.2. The second kappa shape index (κ2) is 7.82. The van der Waals surface area contributed by atoms with Crippen LogP contribution in [0.2, 0.25) is 0 Å². The van der Waals surface area contributed by atoms with Crippen LogP contribution < -0.4 is 10.2 Å². The van der Waals surface area contributed by atoms with Crippen molar-refractivity contribution in [2.45, 2.75) is 19.4 Å². The lowest BCUT2D eigenvalue weighted by Crippen LogP contribution is -2.30. The molecule has 0 atom stereocenters. The lowest BCUT2D eigenvalue weighted by atomic mass is 10.1. The summed E-state index contributed by atoms with van der Waals surface area (Å²) >= 11 is 1.79. The minimum atomic E-state index is -0.456. The molecule has 0 bridgehead atoms. The van der Waals surface area contributed by atoms with E-state index < -0.39 is 4.92 Å². The summed E-state index contributed by atoms with van der Waals surface area (Å²) in [5.74, 6) is -0.269. The molecule has 0 saturated heterocycles. The highest BCUT2D eigenvalue weighted by molar-refractivity contribution is 7.10. The highest BCUT2D eigenvalue weighted by Gasteiger charge is 2.21. The van der Waals surface area contributed by atoms with Crippen molar-refractivity contribution in [2.75, 3.05) is 16.8 Å². The molecule has 2 aromatic carbocycles. The van der Waals surface area contributed by atoms with Gasteiger partial charge < -0.3 is 10.2 Å². The maximum atomic E-state index is 12.6. The monoisotopic (exact) mass is 393 g/mol. The fourth-order valence-corrected chi connectivity index (χ4v) is 4.40. The van der Waals surface area contributed by atoms with Gasteiger partial charge in [0.25, 0.3) is 5.69 Å². The van der Waals surface area contributed by atoms with Gasteiger partial charge in [0.05, 0.1) is 22.7 Å². The molecule has 1 aliphatic heterocycles. The molecule has 7 heteroatoms. The average Bonchev–Trinajstić information content (AvgIpc) is 3.16. The van der Waals surface area contributed by atoms with Crippen molar-refractivity contribution in [1.82, 2.24) is 0 Å². The summed E-state index contributed by atoms with van der Waals surface area (Å²) in [5, 5.41) is 16.2. The van der Waals surface area contributed by atoms with Crippen LogP contribution in [0, 0.1) is 10.1 Å². The number of nitrogens with zero attached hydrogens (tertiary/aromatic N) is 2. The Morgan fingerprint density at radius 2 is 1.93 bits per heavy atom. The zero-order valence-corrected chi connectivity index (χ0v) is 15.9. The average molecular weight is 393 g/mol. The van der Waals surface area contributed by atoms with Crippen LogP contribution in [0.25, 0.3) is 0 Å². The first-order valence-electron chi connectivity index (χ1n) is 9.03. The lowest BCUT2D eigenvalue weighted by Gasteiger charge is -2.30. The zero-order valence-electron chi connectivity index (χ0n) is 15.1. The Kier molecular flexibility index (Phi) is 5.08. The molecule has 3 aromatic rings. The van der Waals surface area contributed by atoms with Crippen molar-refractivity contribution >= 4 is 34.3 Å². The van der Waals surface area contributed by atoms with Gasteiger partial charge in [0.15, 0.2) is 0 Å². The zero-order chi connectivity index (χ0) is 19.5. The van der Waals surface area contributed by atoms with Crippen molar-refractivity contribution in [1.29, 1.82) is 0 Å². The third kappa shape index (κ3) is 3.75. The topological polar surface area (TPSA) is 75.5 Å². The Hall–Kier alpha value is -3.19. The maximum absolute atomic E-state index is 12.6. The third-order valence-corrected chi connectivity index (χ3v) is 5.89. The fourth-order valence-electron chi connectivity index (χ4n) is 3.51. The van der Waals surface area contributed by atoms with Crippen LogP contribution in [0.1, 0.15) is 16.0 Å². The normalized spacial score (nSPS) is 13.1. The van der Waals surface area contributed by atoms with Crippen molar-refractivity contribution in [3.8, 4) is 0 Å². The summed E-state index contributed by atoms with van der Waals surface area (Å²) in [6, 6.07) is 16.2. The third-order valence-electron chi connectivity index (χ3n) is 4.87. The Balaban J connectivity index is 1.52. The number of thiophene rings is 1. The molecule has 6 nitrogen and oxygen atoms in total. The van der Waals surface area contributed by atoms with E-state index in [9.17, 15) is 14.9 Å². The molecule has 1 aliphatic rings. The summed E-state index contributed by atoms with van der Waals surface area (Å²) in [5.41, 5.74) is 3.40. The van der Waals surface area contributed by atoms with Gasteiger partial charge in [0, 0.05) is 29.6 Å². The van der Waals surface area contributed by atoms with Gasteiger partial charge in [-0.05, 0) is 35.6 Å². The number of fused-ring (bicyclic) bond motifs is 1. The Labute approximate surface area is 166 Å². The number of nitrogens with one attached hydrogen (secondary N) is 1. The summed E-state index contributed by atoms with van der Waals surface area (Å²) in [4.78, 5) is 27.0. The molecular weight excluding hydrogens is 374 g/mol. The van der Waals surface area contributed by atoms with Gasteiger partial charge in [-0.1, -0.05) is 30.3 Å². The summed E-state index contributed by atoms with van der Waals surface area (Å²) < 4.78 is 0. The molecule has 142 valence electrons. The minimum Gasteiger partial charge on any atom is -0.365 e. The van der Waals surface area contributed by atoms with Crippen LogP contribution in [0.15, 0.2) is 60.0 Å². The molecule has 0 spiro atoms. The molecule has 4 rings (SSSR count). The molecule has 0 fully saturated rings. The van der Waals surface area contributed by atoms with Gasteiger partial charge in [-0.3, -0.25) is 14.9 Å². The second-order valence-electron chi connectivity index (χ2n) is 6.67. The number of carbonyl (C=O) groups excluding carboxylic acids is 1. The number of rotatable bonds is 5. The van der Waals surface area contributed by atoms with Gasteiger partial charge in [-0.2, -0.15) is 0 Å². The Bertz CT molecular complexity index is 1030. The van der Waals surface area contributed by atoms with Crippen LogP contribution in [-0.4, -0.2) is 17.4 Å². The molecule has 1 amide bonds. The highest BCUT2D eigenvalue weighted by atomic mass is 32.1. The van der Waals surface area contributed by atoms with Crippen molar-refractivity contribution < 1.29 is 9.72 Å². The molecule has 0 saturated carbocycles. The van der Waals surface area contributed by atoms with Crippen LogP contribution in [-0.2, 0) is 24.2 Å². The number of para-hydroxylation sites is 3. The van der Waals surface area contributed by atoms with Gasteiger partial charge in [0.2, 0.25) is 5.91 Å². The fraction of sp³-hybridized carbons (Fsp3) is 0.190.